The Hall–Kier alpha value is -0.113. The minimum Gasteiger partial charge on any atom is -0.289 e. The lowest BCUT2D eigenvalue weighted by Gasteiger charge is -2.19. The van der Waals surface area contributed by atoms with Crippen LogP contribution in [0.15, 0.2) is 4.99 Å². The standard InChI is InChI=1S/C10H23NSi/c1-9(8-12(5,6)7)11-10(2,3)4/h8H2,1-7H3. The Balaban J connectivity index is 4.23. The van der Waals surface area contributed by atoms with Gasteiger partial charge in [0.1, 0.15) is 0 Å². The molecule has 0 spiro atoms. The molecule has 0 amide bonds. The first-order valence-electron chi connectivity index (χ1n) is 4.65. The average molecular weight is 185 g/mol. The van der Waals surface area contributed by atoms with E-state index in [1.165, 1.54) is 11.8 Å². The molecule has 0 saturated heterocycles. The topological polar surface area (TPSA) is 12.4 Å². The van der Waals surface area contributed by atoms with Crippen LogP contribution in [0.5, 0.6) is 0 Å². The summed E-state index contributed by atoms with van der Waals surface area (Å²) in [5.41, 5.74) is 1.42. The zero-order valence-electron chi connectivity index (χ0n) is 9.65. The van der Waals surface area contributed by atoms with Crippen molar-refractivity contribution in [2.45, 2.75) is 58.9 Å². The van der Waals surface area contributed by atoms with Crippen molar-refractivity contribution < 1.29 is 0 Å². The lowest BCUT2D eigenvalue weighted by molar-refractivity contribution is 0.583. The maximum atomic E-state index is 4.65. The highest BCUT2D eigenvalue weighted by Crippen LogP contribution is 2.13. The van der Waals surface area contributed by atoms with E-state index in [0.29, 0.717) is 0 Å². The second kappa shape index (κ2) is 3.73. The Morgan fingerprint density at radius 3 is 1.83 bits per heavy atom. The van der Waals surface area contributed by atoms with Crippen LogP contribution in [0.1, 0.15) is 27.7 Å². The maximum absolute atomic E-state index is 4.65. The van der Waals surface area contributed by atoms with Gasteiger partial charge in [-0.25, -0.2) is 0 Å². The van der Waals surface area contributed by atoms with Crippen LogP contribution in [0, 0.1) is 0 Å². The van der Waals surface area contributed by atoms with E-state index in [1.54, 1.807) is 0 Å². The predicted octanol–water partition coefficient (Wildman–Crippen LogP) is 3.58. The summed E-state index contributed by atoms with van der Waals surface area (Å²) in [6, 6.07) is 1.23. The van der Waals surface area contributed by atoms with Gasteiger partial charge in [0.2, 0.25) is 0 Å². The Morgan fingerprint density at radius 2 is 1.58 bits per heavy atom. The van der Waals surface area contributed by atoms with E-state index in [1.807, 2.05) is 0 Å². The van der Waals surface area contributed by atoms with E-state index in [0.717, 1.165) is 0 Å². The van der Waals surface area contributed by atoms with E-state index in [9.17, 15) is 0 Å². The molecule has 0 fully saturated rings. The molecule has 12 heavy (non-hydrogen) atoms. The largest absolute Gasteiger partial charge is 0.289 e. The first kappa shape index (κ1) is 11.9. The Bertz CT molecular complexity index is 169. The van der Waals surface area contributed by atoms with E-state index in [2.05, 4.69) is 52.3 Å². The summed E-state index contributed by atoms with van der Waals surface area (Å²) in [5.74, 6) is 0. The van der Waals surface area contributed by atoms with E-state index >= 15 is 0 Å². The summed E-state index contributed by atoms with van der Waals surface area (Å²) in [4.78, 5) is 4.65. The molecule has 2 heteroatoms. The van der Waals surface area contributed by atoms with Crippen molar-refractivity contribution in [3.8, 4) is 0 Å². The monoisotopic (exact) mass is 185 g/mol. The van der Waals surface area contributed by atoms with E-state index in [-0.39, 0.29) is 5.54 Å². The molecular formula is C10H23NSi. The fraction of sp³-hybridized carbons (Fsp3) is 0.900. The van der Waals surface area contributed by atoms with Crippen LogP contribution in [0.3, 0.4) is 0 Å². The summed E-state index contributed by atoms with van der Waals surface area (Å²) in [6.07, 6.45) is 0. The molecule has 0 radical (unpaired) electrons. The van der Waals surface area contributed by atoms with Gasteiger partial charge in [0.05, 0.1) is 13.6 Å². The van der Waals surface area contributed by atoms with Gasteiger partial charge in [-0.05, 0) is 33.7 Å². The normalized spacial score (nSPS) is 15.1. The van der Waals surface area contributed by atoms with Gasteiger partial charge in [-0.2, -0.15) is 0 Å². The molecule has 0 heterocycles. The van der Waals surface area contributed by atoms with Crippen molar-refractivity contribution in [3.05, 3.63) is 0 Å². The van der Waals surface area contributed by atoms with Gasteiger partial charge in [-0.1, -0.05) is 19.6 Å². The predicted molar refractivity (Wildman–Crippen MR) is 61.0 cm³/mol. The second-order valence-electron chi connectivity index (χ2n) is 5.76. The third-order valence-corrected chi connectivity index (χ3v) is 2.88. The number of nitrogens with zero attached hydrogens (tertiary/aromatic N) is 1. The van der Waals surface area contributed by atoms with Crippen LogP contribution in [0.4, 0.5) is 0 Å². The number of hydrogen-bond donors (Lipinski definition) is 0. The first-order valence-corrected chi connectivity index (χ1v) is 8.36. The summed E-state index contributed by atoms with van der Waals surface area (Å²) >= 11 is 0. The lowest BCUT2D eigenvalue weighted by atomic mass is 10.1. The molecule has 1 nitrogen and oxygen atoms in total. The highest BCUT2D eigenvalue weighted by molar-refractivity contribution is 6.78. The van der Waals surface area contributed by atoms with Crippen LogP contribution in [0.2, 0.25) is 25.7 Å². The highest BCUT2D eigenvalue weighted by atomic mass is 28.3. The van der Waals surface area contributed by atoms with Crippen molar-refractivity contribution in [3.63, 3.8) is 0 Å². The minimum absolute atomic E-state index is 0.101. The number of rotatable bonds is 2. The zero-order chi connectivity index (χ0) is 9.99. The van der Waals surface area contributed by atoms with Gasteiger partial charge in [-0.15, -0.1) is 0 Å². The number of hydrogen-bond acceptors (Lipinski definition) is 1. The smallest absolute Gasteiger partial charge is 0.0523 e. The van der Waals surface area contributed by atoms with Gasteiger partial charge in [-0.3, -0.25) is 4.99 Å². The van der Waals surface area contributed by atoms with Gasteiger partial charge in [0.15, 0.2) is 0 Å². The van der Waals surface area contributed by atoms with Crippen LogP contribution in [-0.2, 0) is 0 Å². The van der Waals surface area contributed by atoms with Crippen molar-refractivity contribution >= 4 is 13.8 Å². The molecule has 0 rings (SSSR count). The molecule has 0 N–H and O–H groups in total. The van der Waals surface area contributed by atoms with Gasteiger partial charge in [0, 0.05) is 5.71 Å². The van der Waals surface area contributed by atoms with Crippen molar-refractivity contribution in [2.24, 2.45) is 4.99 Å². The summed E-state index contributed by atoms with van der Waals surface area (Å²) in [5, 5.41) is 0. The highest BCUT2D eigenvalue weighted by Gasteiger charge is 2.16. The second-order valence-corrected chi connectivity index (χ2v) is 11.2. The molecule has 0 aliphatic carbocycles. The van der Waals surface area contributed by atoms with Gasteiger partial charge in [0.25, 0.3) is 0 Å². The molecule has 0 aliphatic heterocycles. The molecular weight excluding hydrogens is 162 g/mol. The van der Waals surface area contributed by atoms with E-state index in [4.69, 9.17) is 0 Å². The Labute approximate surface area is 78.3 Å². The molecule has 0 unspecified atom stereocenters. The molecule has 0 aliphatic rings. The van der Waals surface area contributed by atoms with E-state index < -0.39 is 8.07 Å². The number of aliphatic imine (C=N–C) groups is 1. The van der Waals surface area contributed by atoms with Gasteiger partial charge >= 0.3 is 0 Å². The lowest BCUT2D eigenvalue weighted by Crippen LogP contribution is -2.24. The summed E-state index contributed by atoms with van der Waals surface area (Å²) in [6.45, 7) is 15.8. The van der Waals surface area contributed by atoms with Crippen LogP contribution < -0.4 is 0 Å². The fourth-order valence-corrected chi connectivity index (χ4v) is 2.99. The molecule has 0 atom stereocenters. The van der Waals surface area contributed by atoms with Crippen molar-refractivity contribution in [1.29, 1.82) is 0 Å². The maximum Gasteiger partial charge on any atom is 0.0523 e. The van der Waals surface area contributed by atoms with Gasteiger partial charge < -0.3 is 0 Å². The van der Waals surface area contributed by atoms with Crippen molar-refractivity contribution in [2.75, 3.05) is 0 Å². The third kappa shape index (κ3) is 7.99. The minimum atomic E-state index is -0.951. The molecule has 0 aromatic heterocycles. The molecule has 0 aromatic rings. The Kier molecular flexibility index (Phi) is 3.70. The fourth-order valence-electron chi connectivity index (χ4n) is 1.38. The summed E-state index contributed by atoms with van der Waals surface area (Å²) in [7, 11) is -0.951. The summed E-state index contributed by atoms with van der Waals surface area (Å²) < 4.78 is 0. The molecule has 72 valence electrons. The van der Waals surface area contributed by atoms with Crippen LogP contribution in [-0.4, -0.2) is 19.3 Å². The molecule has 0 bridgehead atoms. The average Bonchev–Trinajstić information content (AvgIpc) is 1.49. The molecule has 0 aromatic carbocycles. The SMILES string of the molecule is CC(C[Si](C)(C)C)=NC(C)(C)C. The quantitative estimate of drug-likeness (QED) is 0.460. The molecule has 0 saturated carbocycles. The third-order valence-electron chi connectivity index (χ3n) is 1.31. The Morgan fingerprint density at radius 1 is 1.17 bits per heavy atom. The van der Waals surface area contributed by atoms with Crippen LogP contribution in [0.25, 0.3) is 0 Å². The van der Waals surface area contributed by atoms with Crippen LogP contribution >= 0.6 is 0 Å². The van der Waals surface area contributed by atoms with Crippen molar-refractivity contribution in [1.82, 2.24) is 0 Å². The first-order chi connectivity index (χ1) is 5.10. The zero-order valence-corrected chi connectivity index (χ0v) is 10.7.